The van der Waals surface area contributed by atoms with E-state index in [9.17, 15) is 19.7 Å². The molecule has 30 heavy (non-hydrogen) atoms. The highest BCUT2D eigenvalue weighted by molar-refractivity contribution is 7.99. The van der Waals surface area contributed by atoms with Crippen LogP contribution < -0.4 is 16.3 Å². The zero-order valence-electron chi connectivity index (χ0n) is 16.0. The van der Waals surface area contributed by atoms with E-state index in [-0.39, 0.29) is 29.2 Å². The van der Waals surface area contributed by atoms with E-state index in [1.54, 1.807) is 13.2 Å². The Labute approximate surface area is 175 Å². The smallest absolute Gasteiger partial charge is 0.352 e. The molecule has 158 valence electrons. The van der Waals surface area contributed by atoms with Crippen LogP contribution in [0.4, 0.5) is 0 Å². The summed E-state index contributed by atoms with van der Waals surface area (Å²) in [5.74, 6) is 3.98. The lowest BCUT2D eigenvalue weighted by atomic mass is 10.1. The normalized spacial score (nSPS) is 15.9. The van der Waals surface area contributed by atoms with Crippen molar-refractivity contribution in [2.45, 2.75) is 18.8 Å². The number of thioether (sulfide) groups is 1. The van der Waals surface area contributed by atoms with Crippen LogP contribution in [0.15, 0.2) is 34.8 Å². The van der Waals surface area contributed by atoms with E-state index in [1.807, 2.05) is 6.07 Å². The number of benzene rings is 1. The lowest BCUT2D eigenvalue weighted by Crippen LogP contribution is -2.45. The van der Waals surface area contributed by atoms with Crippen LogP contribution in [0.5, 0.6) is 5.75 Å². The summed E-state index contributed by atoms with van der Waals surface area (Å²) >= 11 is 1.15. The number of esters is 1. The average Bonchev–Trinajstić information content (AvgIpc) is 2.69. The van der Waals surface area contributed by atoms with E-state index in [0.717, 1.165) is 16.8 Å². The summed E-state index contributed by atoms with van der Waals surface area (Å²) in [5.41, 5.74) is 3.55. The highest BCUT2D eigenvalue weighted by Crippen LogP contribution is 2.29. The molecule has 1 unspecified atom stereocenters. The molecule has 4 N–H and O–H groups in total. The molecular weight excluding hydrogens is 416 g/mol. The van der Waals surface area contributed by atoms with Gasteiger partial charge in [-0.1, -0.05) is 0 Å². The largest absolute Gasteiger partial charge is 0.466 e. The van der Waals surface area contributed by atoms with E-state index >= 15 is 0 Å². The third kappa shape index (κ3) is 4.85. The van der Waals surface area contributed by atoms with Crippen LogP contribution in [0.2, 0.25) is 0 Å². The van der Waals surface area contributed by atoms with Gasteiger partial charge in [0.1, 0.15) is 11.5 Å². The molecule has 1 atom stereocenters. The van der Waals surface area contributed by atoms with E-state index in [1.165, 1.54) is 18.2 Å². The molecule has 0 saturated heterocycles. The molecule has 2 rings (SSSR count). The van der Waals surface area contributed by atoms with Crippen molar-refractivity contribution in [2.75, 3.05) is 12.9 Å². The third-order valence-corrected chi connectivity index (χ3v) is 4.57. The zero-order valence-corrected chi connectivity index (χ0v) is 16.8. The van der Waals surface area contributed by atoms with Crippen LogP contribution in [0.25, 0.3) is 0 Å². The molecule has 0 fully saturated rings. The van der Waals surface area contributed by atoms with Gasteiger partial charge in [-0.15, -0.1) is 11.8 Å². The third-order valence-electron chi connectivity index (χ3n) is 3.82. The number of nitrogens with zero attached hydrogens (tertiary/aromatic N) is 4. The highest BCUT2D eigenvalue weighted by Gasteiger charge is 2.39. The van der Waals surface area contributed by atoms with Gasteiger partial charge in [-0.25, -0.2) is 15.8 Å². The average molecular weight is 434 g/mol. The van der Waals surface area contributed by atoms with E-state index in [2.05, 4.69) is 4.99 Å². The molecule has 0 spiro atoms. The molecule has 13 heteroatoms. The Morgan fingerprint density at radius 1 is 1.47 bits per heavy atom. The summed E-state index contributed by atoms with van der Waals surface area (Å²) in [6.07, 6.45) is 1.21. The molecule has 0 aromatic heterocycles. The number of aliphatic imine (C=N–C) groups is 1. The van der Waals surface area contributed by atoms with Gasteiger partial charge in [-0.2, -0.15) is 5.26 Å². The Morgan fingerprint density at radius 3 is 2.70 bits per heavy atom. The molecule has 0 radical (unpaired) electrons. The fourth-order valence-electron chi connectivity index (χ4n) is 2.53. The number of ether oxygens (including phenoxy) is 2. The molecule has 1 heterocycles. The quantitative estimate of drug-likeness (QED) is 0.255. The number of primary amides is 1. The maximum absolute atomic E-state index is 11.9. The molecule has 1 aliphatic rings. The Balaban J connectivity index is 2.55. The number of hydrogen-bond donors (Lipinski definition) is 2. The number of carbonyl (C=O) groups excluding carboxylic acids is 2. The minimum atomic E-state index is -0.875. The van der Waals surface area contributed by atoms with Crippen molar-refractivity contribution in [1.29, 1.82) is 5.26 Å². The van der Waals surface area contributed by atoms with Gasteiger partial charge in [0.2, 0.25) is 5.91 Å². The van der Waals surface area contributed by atoms with Gasteiger partial charge in [0.15, 0.2) is 5.50 Å². The minimum absolute atomic E-state index is 0.0122. The van der Waals surface area contributed by atoms with Crippen molar-refractivity contribution < 1.29 is 24.0 Å². The number of nitriles is 1. The summed E-state index contributed by atoms with van der Waals surface area (Å²) in [4.78, 5) is 38.6. The molecule has 1 aromatic carbocycles. The first-order valence-electron chi connectivity index (χ1n) is 8.43. The lowest BCUT2D eigenvalue weighted by molar-refractivity contribution is -0.419. The number of hydrogen-bond acceptors (Lipinski definition) is 11. The van der Waals surface area contributed by atoms with Gasteiger partial charge in [0.05, 0.1) is 35.1 Å². The van der Waals surface area contributed by atoms with Gasteiger partial charge in [-0.05, 0) is 31.4 Å². The zero-order chi connectivity index (χ0) is 22.4. The molecule has 0 bridgehead atoms. The molecule has 12 nitrogen and oxygen atoms in total. The SMILES string of the molecule is CCOC(=O)CC1=NC(SC)N(N)C(Oc2ccc(C#N)c(C(N)=O)c2)=C1[N+](=O)[O-]. The first-order chi connectivity index (χ1) is 14.2. The monoisotopic (exact) mass is 434 g/mol. The van der Waals surface area contributed by atoms with Gasteiger partial charge in [-0.3, -0.25) is 19.7 Å². The van der Waals surface area contributed by atoms with Crippen LogP contribution in [0.1, 0.15) is 29.3 Å². The van der Waals surface area contributed by atoms with Gasteiger partial charge in [0, 0.05) is 0 Å². The second kappa shape index (κ2) is 9.72. The minimum Gasteiger partial charge on any atom is -0.466 e. The Hall–Kier alpha value is -3.63. The topological polar surface area (TPSA) is 187 Å². The van der Waals surface area contributed by atoms with Crippen molar-refractivity contribution in [3.8, 4) is 11.8 Å². The molecule has 1 amide bonds. The number of nitrogens with two attached hydrogens (primary N) is 2. The summed E-state index contributed by atoms with van der Waals surface area (Å²) in [6.45, 7) is 1.70. The lowest BCUT2D eigenvalue weighted by Gasteiger charge is -2.30. The summed E-state index contributed by atoms with van der Waals surface area (Å²) in [5, 5.41) is 21.8. The molecular formula is C17H18N6O6S. The molecule has 1 aliphatic heterocycles. The Morgan fingerprint density at radius 2 is 2.17 bits per heavy atom. The second-order valence-electron chi connectivity index (χ2n) is 5.72. The van der Waals surface area contributed by atoms with E-state index in [0.29, 0.717) is 0 Å². The number of hydrazine groups is 1. The Bertz CT molecular complexity index is 985. The maximum Gasteiger partial charge on any atom is 0.352 e. The summed E-state index contributed by atoms with van der Waals surface area (Å²) in [7, 11) is 0. The number of nitro groups is 1. The summed E-state index contributed by atoms with van der Waals surface area (Å²) in [6, 6.07) is 5.60. The molecule has 1 aromatic rings. The molecule has 0 saturated carbocycles. The van der Waals surface area contributed by atoms with Crippen molar-refractivity contribution in [3.05, 3.63) is 51.0 Å². The van der Waals surface area contributed by atoms with E-state index < -0.39 is 40.3 Å². The summed E-state index contributed by atoms with van der Waals surface area (Å²) < 4.78 is 10.5. The van der Waals surface area contributed by atoms with Crippen LogP contribution >= 0.6 is 11.8 Å². The number of carbonyl (C=O) groups is 2. The van der Waals surface area contributed by atoms with Crippen LogP contribution in [-0.2, 0) is 9.53 Å². The predicted molar refractivity (Wildman–Crippen MR) is 106 cm³/mol. The van der Waals surface area contributed by atoms with Gasteiger partial charge >= 0.3 is 11.7 Å². The van der Waals surface area contributed by atoms with Crippen molar-refractivity contribution >= 4 is 29.4 Å². The fourth-order valence-corrected chi connectivity index (χ4v) is 3.09. The van der Waals surface area contributed by atoms with Crippen molar-refractivity contribution in [1.82, 2.24) is 5.01 Å². The standard InChI is InChI=1S/C17H18N6O6S/c1-3-28-13(24)7-12-14(23(26)27)16(22(20)17(21-12)30-2)29-10-5-4-9(8-18)11(6-10)15(19)25/h4-6,17H,3,7,20H2,1-2H3,(H2,19,25). The Kier molecular flexibility index (Phi) is 7.34. The second-order valence-corrected chi connectivity index (χ2v) is 6.62. The first-order valence-corrected chi connectivity index (χ1v) is 9.72. The van der Waals surface area contributed by atoms with E-state index in [4.69, 9.17) is 26.3 Å². The first kappa shape index (κ1) is 22.7. The van der Waals surface area contributed by atoms with Crippen LogP contribution in [0.3, 0.4) is 0 Å². The maximum atomic E-state index is 11.9. The molecule has 0 aliphatic carbocycles. The van der Waals surface area contributed by atoms with Gasteiger partial charge < -0.3 is 15.2 Å². The number of amides is 1. The predicted octanol–water partition coefficient (Wildman–Crippen LogP) is 0.712. The van der Waals surface area contributed by atoms with Crippen LogP contribution in [-0.4, -0.2) is 45.9 Å². The number of allylic oxidation sites excluding steroid dienone is 1. The number of rotatable bonds is 8. The van der Waals surface area contributed by atoms with Crippen LogP contribution in [0, 0.1) is 21.4 Å². The van der Waals surface area contributed by atoms with Crippen molar-refractivity contribution in [2.24, 2.45) is 16.6 Å². The van der Waals surface area contributed by atoms with Crippen molar-refractivity contribution in [3.63, 3.8) is 0 Å². The fraction of sp³-hybridized carbons (Fsp3) is 0.294. The van der Waals surface area contributed by atoms with Gasteiger partial charge in [0.25, 0.3) is 5.88 Å². The highest BCUT2D eigenvalue weighted by atomic mass is 32.2.